The summed E-state index contributed by atoms with van der Waals surface area (Å²) in [5.41, 5.74) is 7.39. The first-order valence-electron chi connectivity index (χ1n) is 11.9. The monoisotopic (exact) mass is 607 g/mol. The molecule has 0 unspecified atom stereocenters. The largest absolute Gasteiger partial charge is 0.492 e. The number of nitrogens with zero attached hydrogens (tertiary/aromatic N) is 3. The Labute approximate surface area is 225 Å². The number of carbonyl (C=O) groups excluding carboxylic acids is 1. The average molecular weight is 607 g/mol. The van der Waals surface area contributed by atoms with Gasteiger partial charge < -0.3 is 26.1 Å². The number of hydrogen-bond donors (Lipinski definition) is 4. The number of hydrogen-bond acceptors (Lipinski definition) is 8. The second-order valence-electron chi connectivity index (χ2n) is 8.99. The third kappa shape index (κ3) is 8.64. The smallest absolute Gasteiger partial charge is 0.261 e. The maximum atomic E-state index is 12.8. The molecule has 0 bridgehead atoms. The Morgan fingerprint density at radius 3 is 2.69 bits per heavy atom. The molecule has 194 valence electrons. The molecule has 1 aliphatic carbocycles. The van der Waals surface area contributed by atoms with Gasteiger partial charge in [-0.05, 0) is 79.3 Å². The zero-order valence-corrected chi connectivity index (χ0v) is 23.0. The van der Waals surface area contributed by atoms with Gasteiger partial charge in [-0.2, -0.15) is 5.26 Å². The van der Waals surface area contributed by atoms with E-state index in [0.717, 1.165) is 0 Å². The van der Waals surface area contributed by atoms with Gasteiger partial charge in [0.1, 0.15) is 5.75 Å². The van der Waals surface area contributed by atoms with Gasteiger partial charge in [-0.15, -0.1) is 0 Å². The van der Waals surface area contributed by atoms with Gasteiger partial charge in [-0.3, -0.25) is 9.79 Å². The Morgan fingerprint density at radius 1 is 1.42 bits per heavy atom. The number of nitrogens with two attached hydrogens (primary N) is 1. The third-order valence-electron chi connectivity index (χ3n) is 5.89. The van der Waals surface area contributed by atoms with Crippen LogP contribution in [-0.2, 0) is 4.79 Å². The van der Waals surface area contributed by atoms with Crippen LogP contribution in [0.5, 0.6) is 5.75 Å². The molecule has 1 fully saturated rings. The van der Waals surface area contributed by atoms with E-state index >= 15 is 0 Å². The number of aliphatic imine (C=N–C) groups is 1. The van der Waals surface area contributed by atoms with Crippen molar-refractivity contribution in [2.24, 2.45) is 16.1 Å². The number of benzene rings is 1. The molecule has 0 saturated heterocycles. The van der Waals surface area contributed by atoms with Crippen LogP contribution in [0.25, 0.3) is 0 Å². The van der Waals surface area contributed by atoms with Gasteiger partial charge in [-0.25, -0.2) is 0 Å². The molecule has 0 spiro atoms. The number of anilines is 2. The fourth-order valence-corrected chi connectivity index (χ4v) is 4.07. The summed E-state index contributed by atoms with van der Waals surface area (Å²) < 4.78 is 6.10. The Balaban J connectivity index is 2.18. The zero-order valence-electron chi connectivity index (χ0n) is 20.9. The summed E-state index contributed by atoms with van der Waals surface area (Å²) in [6.07, 6.45) is 9.18. The van der Waals surface area contributed by atoms with E-state index in [2.05, 4.69) is 21.5 Å². The lowest BCUT2D eigenvalue weighted by molar-refractivity contribution is -0.112. The molecule has 5 N–H and O–H groups in total. The highest BCUT2D eigenvalue weighted by molar-refractivity contribution is 14.1. The highest BCUT2D eigenvalue weighted by atomic mass is 127. The SMILES string of the molecule is CCOc1cc(N)c(C=NC2CCC(O)(CC#N)CC2)cc1NC(=O)/C(I)=C/C=C\C(=N\O)C(C)C. The molecule has 1 aromatic rings. The highest BCUT2D eigenvalue weighted by Gasteiger charge is 2.32. The van der Waals surface area contributed by atoms with Crippen LogP contribution in [0.2, 0.25) is 0 Å². The van der Waals surface area contributed by atoms with Gasteiger partial charge in [0.25, 0.3) is 5.91 Å². The number of nitriles is 1. The molecule has 1 amide bonds. The molecule has 0 atom stereocenters. The van der Waals surface area contributed by atoms with Crippen LogP contribution >= 0.6 is 22.6 Å². The van der Waals surface area contributed by atoms with E-state index in [1.807, 2.05) is 43.4 Å². The first-order valence-corrected chi connectivity index (χ1v) is 13.0. The van der Waals surface area contributed by atoms with E-state index in [9.17, 15) is 9.90 Å². The number of aliphatic hydroxyl groups is 1. The molecule has 1 saturated carbocycles. The third-order valence-corrected chi connectivity index (χ3v) is 6.73. The molecule has 0 aliphatic heterocycles. The van der Waals surface area contributed by atoms with Gasteiger partial charge in [-0.1, -0.05) is 25.1 Å². The summed E-state index contributed by atoms with van der Waals surface area (Å²) in [4.78, 5) is 17.4. The van der Waals surface area contributed by atoms with Crippen LogP contribution in [0.1, 0.15) is 58.4 Å². The van der Waals surface area contributed by atoms with Crippen molar-refractivity contribution in [2.45, 2.75) is 64.5 Å². The molecule has 1 aliphatic rings. The quantitative estimate of drug-likeness (QED) is 0.0560. The number of amides is 1. The number of oxime groups is 1. The van der Waals surface area contributed by atoms with Crippen molar-refractivity contribution < 1.29 is 19.8 Å². The van der Waals surface area contributed by atoms with Crippen LogP contribution in [0.3, 0.4) is 0 Å². The second kappa shape index (κ2) is 14.0. The molecule has 1 aromatic carbocycles. The summed E-state index contributed by atoms with van der Waals surface area (Å²) in [6.45, 7) is 6.05. The van der Waals surface area contributed by atoms with Crippen LogP contribution in [0.15, 0.2) is 44.1 Å². The summed E-state index contributed by atoms with van der Waals surface area (Å²) in [6, 6.07) is 5.47. The first kappa shape index (κ1) is 29.3. The fraction of sp³-hybridized carbons (Fsp3) is 0.462. The summed E-state index contributed by atoms with van der Waals surface area (Å²) >= 11 is 1.94. The Morgan fingerprint density at radius 2 is 2.11 bits per heavy atom. The van der Waals surface area contributed by atoms with Crippen molar-refractivity contribution in [3.05, 3.63) is 39.5 Å². The summed E-state index contributed by atoms with van der Waals surface area (Å²) in [7, 11) is 0. The zero-order chi connectivity index (χ0) is 26.7. The van der Waals surface area contributed by atoms with Crippen LogP contribution in [-0.4, -0.2) is 46.4 Å². The van der Waals surface area contributed by atoms with E-state index < -0.39 is 5.60 Å². The van der Waals surface area contributed by atoms with Crippen molar-refractivity contribution in [1.82, 2.24) is 0 Å². The second-order valence-corrected chi connectivity index (χ2v) is 10.1. The van der Waals surface area contributed by atoms with Crippen molar-refractivity contribution in [3.63, 3.8) is 0 Å². The minimum Gasteiger partial charge on any atom is -0.492 e. The molecule has 9 nitrogen and oxygen atoms in total. The number of ether oxygens (including phenoxy) is 1. The van der Waals surface area contributed by atoms with E-state index in [4.69, 9.17) is 20.9 Å². The number of halogens is 1. The molecular formula is C26H34IN5O4. The van der Waals surface area contributed by atoms with Gasteiger partial charge in [0.2, 0.25) is 0 Å². The van der Waals surface area contributed by atoms with E-state index in [1.54, 1.807) is 36.6 Å². The van der Waals surface area contributed by atoms with E-state index in [1.165, 1.54) is 0 Å². The lowest BCUT2D eigenvalue weighted by Crippen LogP contribution is -2.34. The van der Waals surface area contributed by atoms with Gasteiger partial charge >= 0.3 is 0 Å². The lowest BCUT2D eigenvalue weighted by Gasteiger charge is -2.32. The number of rotatable bonds is 10. The van der Waals surface area contributed by atoms with Crippen molar-refractivity contribution in [1.29, 1.82) is 5.26 Å². The van der Waals surface area contributed by atoms with Crippen molar-refractivity contribution >= 4 is 51.8 Å². The average Bonchev–Trinajstić information content (AvgIpc) is 2.83. The highest BCUT2D eigenvalue weighted by Crippen LogP contribution is 2.33. The van der Waals surface area contributed by atoms with Gasteiger partial charge in [0, 0.05) is 23.5 Å². The molecular weight excluding hydrogens is 573 g/mol. The summed E-state index contributed by atoms with van der Waals surface area (Å²) in [5.74, 6) is 0.172. The standard InChI is InChI=1S/C26H34IN5O4/c1-4-36-24-15-21(29)18(16-30-19-8-10-26(34,11-9-19)12-13-28)14-23(24)31-25(33)20(27)6-5-7-22(32-35)17(2)3/h5-7,14-17,19,34-35H,4,8-12,29H2,1-3H3,(H,31,33)/b7-5-,20-6-,30-16?,32-22-. The fourth-order valence-electron chi connectivity index (χ4n) is 3.73. The van der Waals surface area contributed by atoms with E-state index in [0.29, 0.717) is 64.3 Å². The van der Waals surface area contributed by atoms with Crippen molar-refractivity contribution in [2.75, 3.05) is 17.7 Å². The molecule has 0 heterocycles. The number of carbonyl (C=O) groups is 1. The predicted octanol–water partition coefficient (Wildman–Crippen LogP) is 4.97. The van der Waals surface area contributed by atoms with Crippen LogP contribution < -0.4 is 15.8 Å². The topological polar surface area (TPSA) is 153 Å². The number of allylic oxidation sites excluding steroid dienone is 3. The molecule has 0 radical (unpaired) electrons. The first-order chi connectivity index (χ1) is 17.1. The predicted molar refractivity (Wildman–Crippen MR) is 151 cm³/mol. The molecule has 2 rings (SSSR count). The molecule has 36 heavy (non-hydrogen) atoms. The minimum atomic E-state index is -0.919. The van der Waals surface area contributed by atoms with Crippen molar-refractivity contribution in [3.8, 4) is 11.8 Å². The van der Waals surface area contributed by atoms with Crippen LogP contribution in [0, 0.1) is 17.2 Å². The Bertz CT molecular complexity index is 1080. The maximum Gasteiger partial charge on any atom is 0.261 e. The normalized spacial score (nSPS) is 21.2. The minimum absolute atomic E-state index is 0.0295. The maximum absolute atomic E-state index is 12.8. The van der Waals surface area contributed by atoms with E-state index in [-0.39, 0.29) is 24.3 Å². The van der Waals surface area contributed by atoms with Gasteiger partial charge in [0.05, 0.1) is 45.7 Å². The number of nitrogens with one attached hydrogen (secondary N) is 1. The Kier molecular flexibility index (Phi) is 11.4. The van der Waals surface area contributed by atoms with Crippen LogP contribution in [0.4, 0.5) is 11.4 Å². The Hall–Kier alpha value is -2.91. The molecule has 0 aromatic heterocycles. The number of nitrogen functional groups attached to an aromatic ring is 1. The van der Waals surface area contributed by atoms with Gasteiger partial charge in [0.15, 0.2) is 0 Å². The molecule has 10 heteroatoms. The summed E-state index contributed by atoms with van der Waals surface area (Å²) in [5, 5.41) is 34.5. The lowest BCUT2D eigenvalue weighted by atomic mass is 9.81.